The predicted octanol–water partition coefficient (Wildman–Crippen LogP) is 4.16. The molecule has 8 heteroatoms. The molecule has 0 heterocycles. The van der Waals surface area contributed by atoms with Gasteiger partial charge in [-0.15, -0.1) is 12.4 Å². The standard InChI is InChI=1S/C23H27N3O4.ClH/c1-4-30-22-15-17(8-10-21(22)29-3)18(11-13-25)16-7-9-20(28-2)19(14-16)26-23(27)6-5-12-24;/h7-11,14-15H,4-6,12,24H2,1-3H3,(H,26,27);1H/b18-11+;. The minimum atomic E-state index is -0.148. The number of carbonyl (C=O) groups is 1. The molecule has 0 aliphatic heterocycles. The van der Waals surface area contributed by atoms with Crippen molar-refractivity contribution in [2.75, 3.05) is 32.7 Å². The van der Waals surface area contributed by atoms with Crippen molar-refractivity contribution in [1.29, 1.82) is 5.26 Å². The van der Waals surface area contributed by atoms with Gasteiger partial charge in [0.15, 0.2) is 11.5 Å². The van der Waals surface area contributed by atoms with Crippen LogP contribution >= 0.6 is 12.4 Å². The number of nitrogens with two attached hydrogens (primary N) is 1. The van der Waals surface area contributed by atoms with Crippen LogP contribution in [-0.2, 0) is 4.79 Å². The van der Waals surface area contributed by atoms with Crippen LogP contribution in [0.15, 0.2) is 42.5 Å². The number of hydrogen-bond acceptors (Lipinski definition) is 6. The molecule has 0 bridgehead atoms. The molecule has 0 radical (unpaired) electrons. The molecule has 7 nitrogen and oxygen atoms in total. The zero-order valence-corrected chi connectivity index (χ0v) is 18.8. The summed E-state index contributed by atoms with van der Waals surface area (Å²) in [6, 6.07) is 13.0. The summed E-state index contributed by atoms with van der Waals surface area (Å²) in [5, 5.41) is 12.2. The van der Waals surface area contributed by atoms with Crippen molar-refractivity contribution in [3.8, 4) is 23.3 Å². The van der Waals surface area contributed by atoms with Crippen molar-refractivity contribution in [2.45, 2.75) is 19.8 Å². The van der Waals surface area contributed by atoms with Crippen molar-refractivity contribution >= 4 is 29.6 Å². The number of ether oxygens (including phenoxy) is 3. The summed E-state index contributed by atoms with van der Waals surface area (Å²) < 4.78 is 16.4. The number of nitrogens with zero attached hydrogens (tertiary/aromatic N) is 1. The van der Waals surface area contributed by atoms with Crippen molar-refractivity contribution in [2.24, 2.45) is 5.73 Å². The van der Waals surface area contributed by atoms with Gasteiger partial charge in [0, 0.05) is 12.5 Å². The Labute approximate surface area is 189 Å². The Morgan fingerprint density at radius 2 is 1.74 bits per heavy atom. The Hall–Kier alpha value is -3.21. The number of carbonyl (C=O) groups excluding carboxylic acids is 1. The average molecular weight is 446 g/mol. The van der Waals surface area contributed by atoms with Gasteiger partial charge in [0.25, 0.3) is 0 Å². The number of methoxy groups -OCH3 is 2. The summed E-state index contributed by atoms with van der Waals surface area (Å²) in [4.78, 5) is 12.2. The molecule has 0 fully saturated rings. The van der Waals surface area contributed by atoms with Crippen LogP contribution in [0.1, 0.15) is 30.9 Å². The molecule has 3 N–H and O–H groups in total. The average Bonchev–Trinajstić information content (AvgIpc) is 2.76. The van der Waals surface area contributed by atoms with Crippen LogP contribution < -0.4 is 25.3 Å². The zero-order valence-electron chi connectivity index (χ0n) is 17.9. The number of rotatable bonds is 10. The third-order valence-electron chi connectivity index (χ3n) is 4.38. The predicted molar refractivity (Wildman–Crippen MR) is 124 cm³/mol. The fourth-order valence-corrected chi connectivity index (χ4v) is 2.96. The largest absolute Gasteiger partial charge is 0.495 e. The minimum Gasteiger partial charge on any atom is -0.495 e. The van der Waals surface area contributed by atoms with Crippen LogP contribution in [0, 0.1) is 11.3 Å². The summed E-state index contributed by atoms with van der Waals surface area (Å²) >= 11 is 0. The first-order valence-corrected chi connectivity index (χ1v) is 9.67. The Morgan fingerprint density at radius 1 is 1.10 bits per heavy atom. The van der Waals surface area contributed by atoms with Gasteiger partial charge in [0.05, 0.1) is 32.6 Å². The molecular formula is C23H28ClN3O4. The first kappa shape index (κ1) is 25.8. The van der Waals surface area contributed by atoms with Crippen molar-refractivity contribution in [3.05, 3.63) is 53.6 Å². The Kier molecular flexibility index (Phi) is 11.0. The molecule has 2 aromatic rings. The Bertz CT molecular complexity index is 954. The second kappa shape index (κ2) is 13.2. The molecule has 31 heavy (non-hydrogen) atoms. The molecule has 0 aliphatic carbocycles. The van der Waals surface area contributed by atoms with Crippen LogP contribution in [-0.4, -0.2) is 33.3 Å². The maximum Gasteiger partial charge on any atom is 0.224 e. The number of hydrogen-bond donors (Lipinski definition) is 2. The molecule has 0 unspecified atom stereocenters. The van der Waals surface area contributed by atoms with Crippen LogP contribution in [0.5, 0.6) is 17.2 Å². The highest BCUT2D eigenvalue weighted by Gasteiger charge is 2.14. The second-order valence-corrected chi connectivity index (χ2v) is 6.34. The first-order chi connectivity index (χ1) is 14.6. The van der Waals surface area contributed by atoms with E-state index >= 15 is 0 Å². The van der Waals surface area contributed by atoms with E-state index in [4.69, 9.17) is 19.9 Å². The van der Waals surface area contributed by atoms with Crippen molar-refractivity contribution in [1.82, 2.24) is 0 Å². The molecule has 0 aromatic heterocycles. The number of amides is 1. The quantitative estimate of drug-likeness (QED) is 0.532. The second-order valence-electron chi connectivity index (χ2n) is 6.34. The van der Waals surface area contributed by atoms with E-state index in [-0.39, 0.29) is 18.3 Å². The zero-order chi connectivity index (χ0) is 21.9. The smallest absolute Gasteiger partial charge is 0.224 e. The molecular weight excluding hydrogens is 418 g/mol. The maximum atomic E-state index is 12.2. The van der Waals surface area contributed by atoms with Gasteiger partial charge in [-0.3, -0.25) is 4.79 Å². The molecule has 166 valence electrons. The lowest BCUT2D eigenvalue weighted by molar-refractivity contribution is -0.116. The minimum absolute atomic E-state index is 0. The molecule has 0 saturated carbocycles. The lowest BCUT2D eigenvalue weighted by Crippen LogP contribution is -2.14. The van der Waals surface area contributed by atoms with Crippen LogP contribution in [0.2, 0.25) is 0 Å². The highest BCUT2D eigenvalue weighted by atomic mass is 35.5. The number of allylic oxidation sites excluding steroid dienone is 1. The maximum absolute atomic E-state index is 12.2. The van der Waals surface area contributed by atoms with E-state index in [1.807, 2.05) is 25.1 Å². The third kappa shape index (κ3) is 6.92. The van der Waals surface area contributed by atoms with Crippen LogP contribution in [0.4, 0.5) is 5.69 Å². The summed E-state index contributed by atoms with van der Waals surface area (Å²) in [6.45, 7) is 2.82. The van der Waals surface area contributed by atoms with Crippen molar-refractivity contribution < 1.29 is 19.0 Å². The van der Waals surface area contributed by atoms with Crippen LogP contribution in [0.25, 0.3) is 5.57 Å². The van der Waals surface area contributed by atoms with Gasteiger partial charge in [-0.1, -0.05) is 12.1 Å². The summed E-state index contributed by atoms with van der Waals surface area (Å²) in [7, 11) is 3.11. The molecule has 2 aromatic carbocycles. The molecule has 2 rings (SSSR count). The molecule has 0 spiro atoms. The van der Waals surface area contributed by atoms with Gasteiger partial charge in [-0.05, 0) is 60.9 Å². The van der Waals surface area contributed by atoms with Crippen molar-refractivity contribution in [3.63, 3.8) is 0 Å². The summed E-state index contributed by atoms with van der Waals surface area (Å²) in [6.07, 6.45) is 2.37. The van der Waals surface area contributed by atoms with E-state index in [1.165, 1.54) is 13.2 Å². The van der Waals surface area contributed by atoms with Gasteiger partial charge in [0.1, 0.15) is 5.75 Å². The number of benzene rings is 2. The molecule has 0 aliphatic rings. The fourth-order valence-electron chi connectivity index (χ4n) is 2.96. The normalized spacial score (nSPS) is 10.5. The fraction of sp³-hybridized carbons (Fsp3) is 0.304. The summed E-state index contributed by atoms with van der Waals surface area (Å²) in [5.41, 5.74) is 8.22. The van der Waals surface area contributed by atoms with E-state index in [2.05, 4.69) is 11.4 Å². The highest BCUT2D eigenvalue weighted by Crippen LogP contribution is 2.35. The number of nitriles is 1. The van der Waals surface area contributed by atoms with Gasteiger partial charge in [-0.2, -0.15) is 5.26 Å². The first-order valence-electron chi connectivity index (χ1n) is 9.67. The SMILES string of the molecule is CCOc1cc(/C(=C/C#N)c2ccc(OC)c(NC(=O)CCCN)c2)ccc1OC.Cl. The van der Waals surface area contributed by atoms with E-state index in [9.17, 15) is 10.1 Å². The number of nitrogens with one attached hydrogen (secondary N) is 1. The van der Waals surface area contributed by atoms with Gasteiger partial charge < -0.3 is 25.3 Å². The third-order valence-corrected chi connectivity index (χ3v) is 4.38. The lowest BCUT2D eigenvalue weighted by atomic mass is 9.96. The number of anilines is 1. The Balaban J connectivity index is 0.00000480. The molecule has 1 amide bonds. The summed E-state index contributed by atoms with van der Waals surface area (Å²) in [5.74, 6) is 1.58. The highest BCUT2D eigenvalue weighted by molar-refractivity contribution is 5.94. The van der Waals surface area contributed by atoms with E-state index in [0.717, 1.165) is 11.1 Å². The van der Waals surface area contributed by atoms with E-state index in [1.54, 1.807) is 25.3 Å². The van der Waals surface area contributed by atoms with E-state index in [0.29, 0.717) is 54.5 Å². The topological polar surface area (TPSA) is 107 Å². The van der Waals surface area contributed by atoms with Gasteiger partial charge in [0.2, 0.25) is 5.91 Å². The molecule has 0 saturated heterocycles. The van der Waals surface area contributed by atoms with Gasteiger partial charge in [-0.25, -0.2) is 0 Å². The number of halogens is 1. The monoisotopic (exact) mass is 445 g/mol. The van der Waals surface area contributed by atoms with Crippen LogP contribution in [0.3, 0.4) is 0 Å². The lowest BCUT2D eigenvalue weighted by Gasteiger charge is -2.15. The Morgan fingerprint density at radius 3 is 2.32 bits per heavy atom. The van der Waals surface area contributed by atoms with Gasteiger partial charge >= 0.3 is 0 Å². The van der Waals surface area contributed by atoms with E-state index < -0.39 is 0 Å². The molecule has 0 atom stereocenters.